The van der Waals surface area contributed by atoms with Crippen LogP contribution in [-0.4, -0.2) is 44.5 Å². The van der Waals surface area contributed by atoms with Gasteiger partial charge >= 0.3 is 0 Å². The van der Waals surface area contributed by atoms with E-state index in [0.717, 1.165) is 22.4 Å². The van der Waals surface area contributed by atoms with E-state index in [1.807, 2.05) is 44.2 Å². The zero-order chi connectivity index (χ0) is 21.1. The summed E-state index contributed by atoms with van der Waals surface area (Å²) < 4.78 is 10.7. The van der Waals surface area contributed by atoms with Gasteiger partial charge in [-0.3, -0.25) is 9.59 Å². The lowest BCUT2D eigenvalue weighted by molar-refractivity contribution is -0.135. The molecule has 154 valence electrons. The lowest BCUT2D eigenvalue weighted by atomic mass is 10.1. The molecular weight excluding hydrogens is 368 g/mol. The fourth-order valence-corrected chi connectivity index (χ4v) is 3.76. The van der Waals surface area contributed by atoms with E-state index in [0.29, 0.717) is 24.6 Å². The van der Waals surface area contributed by atoms with Gasteiger partial charge in [0.05, 0.1) is 20.1 Å². The summed E-state index contributed by atoms with van der Waals surface area (Å²) in [6.45, 7) is 4.85. The molecule has 0 radical (unpaired) electrons. The van der Waals surface area contributed by atoms with Gasteiger partial charge in [-0.05, 0) is 43.2 Å². The van der Waals surface area contributed by atoms with Gasteiger partial charge in [0.15, 0.2) is 0 Å². The molecule has 0 saturated carbocycles. The van der Waals surface area contributed by atoms with Crippen LogP contribution in [0.5, 0.6) is 11.5 Å². The molecule has 0 N–H and O–H groups in total. The topological polar surface area (TPSA) is 59.1 Å². The molecule has 1 unspecified atom stereocenters. The molecule has 6 heteroatoms. The van der Waals surface area contributed by atoms with Crippen molar-refractivity contribution in [3.8, 4) is 11.5 Å². The summed E-state index contributed by atoms with van der Waals surface area (Å²) in [4.78, 5) is 29.1. The quantitative estimate of drug-likeness (QED) is 0.752. The van der Waals surface area contributed by atoms with Crippen molar-refractivity contribution in [1.82, 2.24) is 4.90 Å². The monoisotopic (exact) mass is 396 g/mol. The number of anilines is 1. The number of nitrogens with zero attached hydrogens (tertiary/aromatic N) is 2. The van der Waals surface area contributed by atoms with Gasteiger partial charge in [0, 0.05) is 43.9 Å². The Balaban J connectivity index is 1.72. The first-order chi connectivity index (χ1) is 13.8. The number of hydrogen-bond acceptors (Lipinski definition) is 4. The van der Waals surface area contributed by atoms with E-state index in [1.54, 1.807) is 37.1 Å². The van der Waals surface area contributed by atoms with Crippen molar-refractivity contribution in [2.24, 2.45) is 5.92 Å². The highest BCUT2D eigenvalue weighted by Gasteiger charge is 2.37. The first-order valence-electron chi connectivity index (χ1n) is 9.68. The van der Waals surface area contributed by atoms with Gasteiger partial charge in [-0.25, -0.2) is 0 Å². The molecule has 0 bridgehead atoms. The van der Waals surface area contributed by atoms with Crippen molar-refractivity contribution in [1.29, 1.82) is 0 Å². The maximum Gasteiger partial charge on any atom is 0.228 e. The van der Waals surface area contributed by atoms with Crippen LogP contribution in [0.2, 0.25) is 0 Å². The summed E-state index contributed by atoms with van der Waals surface area (Å²) in [5.41, 5.74) is 3.99. The predicted octanol–water partition coefficient (Wildman–Crippen LogP) is 3.33. The predicted molar refractivity (Wildman–Crippen MR) is 112 cm³/mol. The molecule has 3 rings (SSSR count). The van der Waals surface area contributed by atoms with Crippen molar-refractivity contribution >= 4 is 17.5 Å². The van der Waals surface area contributed by atoms with Crippen LogP contribution in [0, 0.1) is 19.8 Å². The average Bonchev–Trinajstić information content (AvgIpc) is 3.11. The van der Waals surface area contributed by atoms with E-state index in [1.165, 1.54) is 0 Å². The summed E-state index contributed by atoms with van der Waals surface area (Å²) >= 11 is 0. The third kappa shape index (κ3) is 4.21. The molecule has 1 aliphatic rings. The first-order valence-corrected chi connectivity index (χ1v) is 9.68. The van der Waals surface area contributed by atoms with Gasteiger partial charge in [0.25, 0.3) is 0 Å². The van der Waals surface area contributed by atoms with Crippen LogP contribution in [0.15, 0.2) is 36.4 Å². The second-order valence-electron chi connectivity index (χ2n) is 7.50. The van der Waals surface area contributed by atoms with Crippen molar-refractivity contribution < 1.29 is 19.1 Å². The van der Waals surface area contributed by atoms with Crippen LogP contribution in [0.25, 0.3) is 0 Å². The first kappa shape index (κ1) is 20.7. The van der Waals surface area contributed by atoms with Gasteiger partial charge in [-0.15, -0.1) is 0 Å². The number of hydrogen-bond donors (Lipinski definition) is 0. The molecule has 2 aromatic carbocycles. The Bertz CT molecular complexity index is 925. The number of rotatable bonds is 6. The fourth-order valence-electron chi connectivity index (χ4n) is 3.76. The molecule has 1 atom stereocenters. The van der Waals surface area contributed by atoms with Crippen LogP contribution in [0.4, 0.5) is 5.69 Å². The lowest BCUT2D eigenvalue weighted by Crippen LogP contribution is -2.34. The Morgan fingerprint density at radius 1 is 1.17 bits per heavy atom. The average molecular weight is 396 g/mol. The number of carbonyl (C=O) groups excluding carboxylic acids is 2. The van der Waals surface area contributed by atoms with Gasteiger partial charge in [-0.1, -0.05) is 12.1 Å². The van der Waals surface area contributed by atoms with Gasteiger partial charge in [-0.2, -0.15) is 0 Å². The van der Waals surface area contributed by atoms with Crippen LogP contribution in [-0.2, 0) is 16.1 Å². The Labute approximate surface area is 172 Å². The van der Waals surface area contributed by atoms with Gasteiger partial charge < -0.3 is 19.3 Å². The number of amides is 2. The molecule has 0 spiro atoms. The molecule has 0 aliphatic carbocycles. The van der Waals surface area contributed by atoms with E-state index < -0.39 is 0 Å². The highest BCUT2D eigenvalue weighted by Crippen LogP contribution is 2.31. The molecule has 29 heavy (non-hydrogen) atoms. The summed E-state index contributed by atoms with van der Waals surface area (Å²) in [5.74, 6) is 0.974. The molecule has 0 aromatic heterocycles. The number of carbonyl (C=O) groups is 2. The molecule has 6 nitrogen and oxygen atoms in total. The molecule has 2 aromatic rings. The molecule has 2 amide bonds. The molecule has 1 aliphatic heterocycles. The molecule has 1 heterocycles. The van der Waals surface area contributed by atoms with Gasteiger partial charge in [0.2, 0.25) is 11.8 Å². The summed E-state index contributed by atoms with van der Waals surface area (Å²) in [6.07, 6.45) is 0.232. The smallest absolute Gasteiger partial charge is 0.228 e. The number of benzene rings is 2. The standard InChI is InChI=1S/C23H28N2O4/c1-15-7-6-8-20(16(15)2)25-14-18(11-22(25)26)23(27)24(3)13-17-9-10-19(28-4)12-21(17)29-5/h6-10,12,18H,11,13-14H2,1-5H3. The van der Waals surface area contributed by atoms with E-state index >= 15 is 0 Å². The van der Waals surface area contributed by atoms with E-state index in [2.05, 4.69) is 0 Å². The maximum absolute atomic E-state index is 13.0. The minimum absolute atomic E-state index is 0.00696. The van der Waals surface area contributed by atoms with Crippen LogP contribution >= 0.6 is 0 Å². The number of methoxy groups -OCH3 is 2. The van der Waals surface area contributed by atoms with Crippen LogP contribution < -0.4 is 14.4 Å². The number of ether oxygens (including phenoxy) is 2. The summed E-state index contributed by atoms with van der Waals surface area (Å²) in [5, 5.41) is 0. The van der Waals surface area contributed by atoms with Gasteiger partial charge in [0.1, 0.15) is 11.5 Å². The zero-order valence-corrected chi connectivity index (χ0v) is 17.7. The Morgan fingerprint density at radius 3 is 2.62 bits per heavy atom. The summed E-state index contributed by atoms with van der Waals surface area (Å²) in [6, 6.07) is 11.5. The summed E-state index contributed by atoms with van der Waals surface area (Å²) in [7, 11) is 4.96. The minimum Gasteiger partial charge on any atom is -0.497 e. The van der Waals surface area contributed by atoms with Crippen molar-refractivity contribution in [2.45, 2.75) is 26.8 Å². The second-order valence-corrected chi connectivity index (χ2v) is 7.50. The normalized spacial score (nSPS) is 16.1. The van der Waals surface area contributed by atoms with Crippen molar-refractivity contribution in [2.75, 3.05) is 32.7 Å². The van der Waals surface area contributed by atoms with E-state index in [9.17, 15) is 9.59 Å². The third-order valence-corrected chi connectivity index (χ3v) is 5.62. The van der Waals surface area contributed by atoms with Crippen molar-refractivity contribution in [3.63, 3.8) is 0 Å². The zero-order valence-electron chi connectivity index (χ0n) is 17.7. The van der Waals surface area contributed by atoms with Crippen LogP contribution in [0.1, 0.15) is 23.1 Å². The molecule has 1 fully saturated rings. The van der Waals surface area contributed by atoms with Crippen LogP contribution in [0.3, 0.4) is 0 Å². The Kier molecular flexibility index (Phi) is 6.11. The van der Waals surface area contributed by atoms with Crippen molar-refractivity contribution in [3.05, 3.63) is 53.1 Å². The second kappa shape index (κ2) is 8.55. The third-order valence-electron chi connectivity index (χ3n) is 5.62. The highest BCUT2D eigenvalue weighted by atomic mass is 16.5. The maximum atomic E-state index is 13.0. The molecular formula is C23H28N2O4. The highest BCUT2D eigenvalue weighted by molar-refractivity contribution is 6.00. The largest absolute Gasteiger partial charge is 0.497 e. The van der Waals surface area contributed by atoms with E-state index in [-0.39, 0.29) is 24.2 Å². The van der Waals surface area contributed by atoms with E-state index in [4.69, 9.17) is 9.47 Å². The minimum atomic E-state index is -0.350. The number of aryl methyl sites for hydroxylation is 1. The SMILES string of the molecule is COc1ccc(CN(C)C(=O)C2CC(=O)N(c3cccc(C)c3C)C2)c(OC)c1. The molecule has 1 saturated heterocycles. The lowest BCUT2D eigenvalue weighted by Gasteiger charge is -2.23. The Morgan fingerprint density at radius 2 is 1.93 bits per heavy atom. The Hall–Kier alpha value is -3.02. The fraction of sp³-hybridized carbons (Fsp3) is 0.391.